The maximum Gasteiger partial charge on any atom is 0.255 e. The molecule has 2 aromatic rings. The number of ether oxygens (including phenoxy) is 1. The number of carbonyl (C=O) groups excluding carboxylic acids is 1. The minimum atomic E-state index is -0.412. The summed E-state index contributed by atoms with van der Waals surface area (Å²) in [6, 6.07) is 7.22. The van der Waals surface area contributed by atoms with Crippen LogP contribution in [0.1, 0.15) is 18.2 Å². The minimum Gasteiger partial charge on any atom is -0.495 e. The maximum absolute atomic E-state index is 12.4. The lowest BCUT2D eigenvalue weighted by atomic mass is 10.3. The molecule has 0 radical (unpaired) electrons. The predicted octanol–water partition coefficient (Wildman–Crippen LogP) is 2.64. The van der Waals surface area contributed by atoms with Crippen molar-refractivity contribution in [2.45, 2.75) is 28.8 Å². The van der Waals surface area contributed by atoms with Gasteiger partial charge in [-0.05, 0) is 19.1 Å². The lowest BCUT2D eigenvalue weighted by Gasteiger charge is -2.14. The Labute approximate surface area is 147 Å². The molecule has 1 aliphatic heterocycles. The SMILES string of the molecule is COc1ccccc1NC(=O)C(C)Sc1nc2c(c(=O)[nH]1)CSC2. The molecule has 6 nitrogen and oxygen atoms in total. The van der Waals surface area contributed by atoms with E-state index in [0.717, 1.165) is 17.0 Å². The monoisotopic (exact) mass is 363 g/mol. The van der Waals surface area contributed by atoms with Gasteiger partial charge in [-0.25, -0.2) is 4.98 Å². The average Bonchev–Trinajstić information content (AvgIpc) is 3.04. The molecule has 0 saturated carbocycles. The molecule has 1 amide bonds. The molecule has 1 unspecified atom stereocenters. The first-order chi connectivity index (χ1) is 11.6. The summed E-state index contributed by atoms with van der Waals surface area (Å²) in [5.74, 6) is 1.87. The Kier molecular flexibility index (Phi) is 5.15. The molecule has 1 aromatic heterocycles. The molecule has 1 aromatic carbocycles. The van der Waals surface area contributed by atoms with Crippen LogP contribution >= 0.6 is 23.5 Å². The fourth-order valence-electron chi connectivity index (χ4n) is 2.30. The summed E-state index contributed by atoms with van der Waals surface area (Å²) >= 11 is 2.91. The maximum atomic E-state index is 12.4. The fourth-order valence-corrected chi connectivity index (χ4v) is 4.15. The van der Waals surface area contributed by atoms with E-state index in [9.17, 15) is 9.59 Å². The zero-order chi connectivity index (χ0) is 17.1. The van der Waals surface area contributed by atoms with Gasteiger partial charge in [-0.2, -0.15) is 11.8 Å². The summed E-state index contributed by atoms with van der Waals surface area (Å²) < 4.78 is 5.23. The third-order valence-corrected chi connectivity index (χ3v) is 5.54. The van der Waals surface area contributed by atoms with E-state index in [0.29, 0.717) is 22.3 Å². The second kappa shape index (κ2) is 7.31. The number of H-pyrrole nitrogens is 1. The van der Waals surface area contributed by atoms with Crippen molar-refractivity contribution in [3.63, 3.8) is 0 Å². The topological polar surface area (TPSA) is 84.1 Å². The molecule has 0 bridgehead atoms. The van der Waals surface area contributed by atoms with Gasteiger partial charge < -0.3 is 15.0 Å². The van der Waals surface area contributed by atoms with E-state index in [4.69, 9.17) is 4.74 Å². The quantitative estimate of drug-likeness (QED) is 0.628. The zero-order valence-electron chi connectivity index (χ0n) is 13.3. The number of rotatable bonds is 5. The summed E-state index contributed by atoms with van der Waals surface area (Å²) in [5.41, 5.74) is 2.08. The molecule has 8 heteroatoms. The van der Waals surface area contributed by atoms with Gasteiger partial charge in [0.2, 0.25) is 5.91 Å². The van der Waals surface area contributed by atoms with Crippen molar-refractivity contribution in [1.29, 1.82) is 0 Å². The van der Waals surface area contributed by atoms with Crippen molar-refractivity contribution in [3.05, 3.63) is 45.9 Å². The Morgan fingerprint density at radius 1 is 1.42 bits per heavy atom. The number of amides is 1. The van der Waals surface area contributed by atoms with E-state index in [-0.39, 0.29) is 11.5 Å². The van der Waals surface area contributed by atoms with Crippen LogP contribution in [0.3, 0.4) is 0 Å². The first-order valence-electron chi connectivity index (χ1n) is 7.39. The highest BCUT2D eigenvalue weighted by atomic mass is 32.2. The number of methoxy groups -OCH3 is 1. The Morgan fingerprint density at radius 3 is 3.00 bits per heavy atom. The van der Waals surface area contributed by atoms with Gasteiger partial charge in [0, 0.05) is 17.1 Å². The average molecular weight is 363 g/mol. The van der Waals surface area contributed by atoms with Crippen molar-refractivity contribution in [3.8, 4) is 5.75 Å². The fraction of sp³-hybridized carbons (Fsp3) is 0.312. The number of thioether (sulfide) groups is 2. The number of para-hydroxylation sites is 2. The number of aromatic nitrogens is 2. The molecule has 24 heavy (non-hydrogen) atoms. The van der Waals surface area contributed by atoms with Crippen molar-refractivity contribution in [2.75, 3.05) is 12.4 Å². The van der Waals surface area contributed by atoms with Crippen molar-refractivity contribution in [1.82, 2.24) is 9.97 Å². The van der Waals surface area contributed by atoms with E-state index in [1.54, 1.807) is 37.9 Å². The molecule has 126 valence electrons. The highest BCUT2D eigenvalue weighted by Gasteiger charge is 2.21. The van der Waals surface area contributed by atoms with Crippen LogP contribution < -0.4 is 15.6 Å². The van der Waals surface area contributed by atoms with Crippen LogP contribution in [0.2, 0.25) is 0 Å². The first kappa shape index (κ1) is 16.9. The van der Waals surface area contributed by atoms with Gasteiger partial charge in [-0.1, -0.05) is 23.9 Å². The van der Waals surface area contributed by atoms with Crippen molar-refractivity contribution in [2.24, 2.45) is 0 Å². The summed E-state index contributed by atoms with van der Waals surface area (Å²) in [6.45, 7) is 1.78. The summed E-state index contributed by atoms with van der Waals surface area (Å²) in [5, 5.41) is 2.90. The van der Waals surface area contributed by atoms with Gasteiger partial charge in [-0.3, -0.25) is 9.59 Å². The van der Waals surface area contributed by atoms with Gasteiger partial charge in [0.05, 0.1) is 23.7 Å². The molecule has 0 spiro atoms. The molecule has 2 N–H and O–H groups in total. The molecule has 2 heterocycles. The van der Waals surface area contributed by atoms with Crippen LogP contribution in [0, 0.1) is 0 Å². The van der Waals surface area contributed by atoms with Crippen LogP contribution in [0.25, 0.3) is 0 Å². The van der Waals surface area contributed by atoms with Crippen molar-refractivity contribution < 1.29 is 9.53 Å². The highest BCUT2D eigenvalue weighted by Crippen LogP contribution is 2.29. The number of hydrogen-bond acceptors (Lipinski definition) is 6. The van der Waals surface area contributed by atoms with Gasteiger partial charge >= 0.3 is 0 Å². The van der Waals surface area contributed by atoms with Crippen LogP contribution in [-0.4, -0.2) is 28.2 Å². The number of nitrogens with one attached hydrogen (secondary N) is 2. The van der Waals surface area contributed by atoms with Crippen LogP contribution in [0.4, 0.5) is 5.69 Å². The Morgan fingerprint density at radius 2 is 2.21 bits per heavy atom. The first-order valence-corrected chi connectivity index (χ1v) is 9.42. The largest absolute Gasteiger partial charge is 0.495 e. The third kappa shape index (κ3) is 3.59. The van der Waals surface area contributed by atoms with Gasteiger partial charge in [0.25, 0.3) is 5.56 Å². The number of nitrogens with zero attached hydrogens (tertiary/aromatic N) is 1. The molecule has 1 atom stereocenters. The lowest BCUT2D eigenvalue weighted by molar-refractivity contribution is -0.115. The minimum absolute atomic E-state index is 0.107. The van der Waals surface area contributed by atoms with E-state index in [1.165, 1.54) is 11.8 Å². The van der Waals surface area contributed by atoms with Crippen LogP contribution in [-0.2, 0) is 16.3 Å². The summed E-state index contributed by atoms with van der Waals surface area (Å²) in [7, 11) is 1.56. The number of aromatic amines is 1. The second-order valence-corrected chi connectivity index (χ2v) is 7.55. The van der Waals surface area contributed by atoms with Crippen LogP contribution in [0.15, 0.2) is 34.2 Å². The number of fused-ring (bicyclic) bond motifs is 1. The molecule has 1 aliphatic rings. The van der Waals surface area contributed by atoms with Crippen LogP contribution in [0.5, 0.6) is 5.75 Å². The number of carbonyl (C=O) groups is 1. The molecule has 0 aliphatic carbocycles. The third-order valence-electron chi connectivity index (χ3n) is 3.59. The Bertz CT molecular complexity index is 822. The standard InChI is InChI=1S/C16H17N3O3S2/c1-9(14(20)17-11-5-3-4-6-13(11)22-2)24-16-18-12-8-23-7-10(12)15(21)19-16/h3-6,9H,7-8H2,1-2H3,(H,17,20)(H,18,19,21). The van der Waals surface area contributed by atoms with E-state index in [2.05, 4.69) is 15.3 Å². The Hall–Kier alpha value is -1.93. The lowest BCUT2D eigenvalue weighted by Crippen LogP contribution is -2.24. The molecule has 0 saturated heterocycles. The molecule has 0 fully saturated rings. The zero-order valence-corrected chi connectivity index (χ0v) is 14.9. The number of anilines is 1. The van der Waals surface area contributed by atoms with Crippen molar-refractivity contribution >= 4 is 35.1 Å². The second-order valence-electron chi connectivity index (χ2n) is 5.24. The number of hydrogen-bond donors (Lipinski definition) is 2. The summed E-state index contributed by atoms with van der Waals surface area (Å²) in [4.78, 5) is 31.6. The number of benzene rings is 1. The smallest absolute Gasteiger partial charge is 0.255 e. The highest BCUT2D eigenvalue weighted by molar-refractivity contribution is 8.00. The molecular weight excluding hydrogens is 346 g/mol. The van der Waals surface area contributed by atoms with Gasteiger partial charge in [-0.15, -0.1) is 0 Å². The summed E-state index contributed by atoms with van der Waals surface area (Å²) in [6.07, 6.45) is 0. The normalized spacial score (nSPS) is 14.1. The predicted molar refractivity (Wildman–Crippen MR) is 96.8 cm³/mol. The molecule has 3 rings (SSSR count). The van der Waals surface area contributed by atoms with E-state index >= 15 is 0 Å². The van der Waals surface area contributed by atoms with Gasteiger partial charge in [0.1, 0.15) is 5.75 Å². The van der Waals surface area contributed by atoms with E-state index in [1.807, 2.05) is 12.1 Å². The van der Waals surface area contributed by atoms with Gasteiger partial charge in [0.15, 0.2) is 5.16 Å². The molecular formula is C16H17N3O3S2. The Balaban J connectivity index is 1.71. The van der Waals surface area contributed by atoms with E-state index < -0.39 is 5.25 Å².